The normalized spacial score (nSPS) is 12.9. The molecule has 2 aromatic heterocycles. The molecule has 0 amide bonds. The van der Waals surface area contributed by atoms with Crippen molar-refractivity contribution in [3.8, 4) is 0 Å². The van der Waals surface area contributed by atoms with Gasteiger partial charge in [-0.25, -0.2) is 9.67 Å². The second kappa shape index (κ2) is 5.03. The van der Waals surface area contributed by atoms with E-state index in [1.807, 2.05) is 18.5 Å². The number of hydrogen-bond donors (Lipinski definition) is 0. The molecule has 0 saturated heterocycles. The van der Waals surface area contributed by atoms with E-state index in [4.69, 9.17) is 4.74 Å². The molecule has 0 saturated carbocycles. The van der Waals surface area contributed by atoms with Crippen molar-refractivity contribution in [2.24, 2.45) is 0 Å². The summed E-state index contributed by atoms with van der Waals surface area (Å²) < 4.78 is 7.81. The van der Waals surface area contributed by atoms with Gasteiger partial charge in [0.1, 0.15) is 5.69 Å². The topological polar surface area (TPSA) is 52.8 Å². The number of hydrogen-bond acceptors (Lipinski definition) is 5. The Bertz CT molecular complexity index is 470. The van der Waals surface area contributed by atoms with Gasteiger partial charge in [-0.2, -0.15) is 0 Å². The van der Waals surface area contributed by atoms with Crippen molar-refractivity contribution in [1.29, 1.82) is 0 Å². The zero-order chi connectivity index (χ0) is 11.5. The van der Waals surface area contributed by atoms with Crippen molar-refractivity contribution < 1.29 is 4.74 Å². The van der Waals surface area contributed by atoms with Crippen LogP contribution < -0.4 is 0 Å². The Labute approximate surface area is 106 Å². The molecule has 0 fully saturated rings. The van der Waals surface area contributed by atoms with Gasteiger partial charge in [-0.1, -0.05) is 5.21 Å². The van der Waals surface area contributed by atoms with Gasteiger partial charge in [0.2, 0.25) is 0 Å². The number of thiazole rings is 1. The SMILES string of the molecule is COC(C)c1cn(Cc2csc(Br)n2)nn1. The molecule has 0 aromatic carbocycles. The van der Waals surface area contributed by atoms with E-state index in [0.717, 1.165) is 15.3 Å². The van der Waals surface area contributed by atoms with E-state index in [9.17, 15) is 0 Å². The molecule has 7 heteroatoms. The summed E-state index contributed by atoms with van der Waals surface area (Å²) in [6.45, 7) is 2.57. The molecule has 86 valence electrons. The molecule has 0 N–H and O–H groups in total. The first-order chi connectivity index (χ1) is 7.69. The van der Waals surface area contributed by atoms with Crippen molar-refractivity contribution in [3.63, 3.8) is 0 Å². The minimum Gasteiger partial charge on any atom is -0.375 e. The Balaban J connectivity index is 2.08. The third-order valence-corrected chi connectivity index (χ3v) is 3.59. The Morgan fingerprint density at radius 3 is 3.06 bits per heavy atom. The number of rotatable bonds is 4. The fourth-order valence-corrected chi connectivity index (χ4v) is 2.26. The number of nitrogens with zero attached hydrogens (tertiary/aromatic N) is 4. The number of halogens is 1. The summed E-state index contributed by atoms with van der Waals surface area (Å²) in [5.74, 6) is 0. The summed E-state index contributed by atoms with van der Waals surface area (Å²) in [6.07, 6.45) is 1.84. The van der Waals surface area contributed by atoms with E-state index in [1.54, 1.807) is 23.1 Å². The van der Waals surface area contributed by atoms with Gasteiger partial charge in [0.15, 0.2) is 3.92 Å². The molecular formula is C9H11BrN4OS. The first kappa shape index (κ1) is 11.7. The average molecular weight is 303 g/mol. The van der Waals surface area contributed by atoms with Crippen LogP contribution in [0.1, 0.15) is 24.4 Å². The molecule has 0 aliphatic rings. The van der Waals surface area contributed by atoms with E-state index in [-0.39, 0.29) is 6.10 Å². The van der Waals surface area contributed by atoms with Gasteiger partial charge in [0.25, 0.3) is 0 Å². The van der Waals surface area contributed by atoms with Crippen molar-refractivity contribution >= 4 is 27.3 Å². The fraction of sp³-hybridized carbons (Fsp3) is 0.444. The first-order valence-corrected chi connectivity index (χ1v) is 6.39. The van der Waals surface area contributed by atoms with Crippen LogP contribution in [0.4, 0.5) is 0 Å². The predicted octanol–water partition coefficient (Wildman–Crippen LogP) is 2.25. The van der Waals surface area contributed by atoms with Crippen molar-refractivity contribution in [3.05, 3.63) is 26.9 Å². The Morgan fingerprint density at radius 2 is 2.44 bits per heavy atom. The number of ether oxygens (including phenoxy) is 1. The highest BCUT2D eigenvalue weighted by molar-refractivity contribution is 9.11. The Kier molecular flexibility index (Phi) is 3.67. The molecule has 1 atom stereocenters. The van der Waals surface area contributed by atoms with Crippen molar-refractivity contribution in [2.45, 2.75) is 19.6 Å². The van der Waals surface area contributed by atoms with Crippen molar-refractivity contribution in [2.75, 3.05) is 7.11 Å². The van der Waals surface area contributed by atoms with Crippen LogP contribution in [0.2, 0.25) is 0 Å². The minimum absolute atomic E-state index is 0.0316. The van der Waals surface area contributed by atoms with E-state index >= 15 is 0 Å². The van der Waals surface area contributed by atoms with Crippen LogP contribution in [-0.2, 0) is 11.3 Å². The zero-order valence-corrected chi connectivity index (χ0v) is 11.3. The first-order valence-electron chi connectivity index (χ1n) is 4.71. The lowest BCUT2D eigenvalue weighted by molar-refractivity contribution is 0.116. The van der Waals surface area contributed by atoms with Crippen LogP contribution in [0.5, 0.6) is 0 Å². The zero-order valence-electron chi connectivity index (χ0n) is 8.92. The van der Waals surface area contributed by atoms with Crippen LogP contribution in [0, 0.1) is 0 Å². The molecule has 2 aromatic rings. The van der Waals surface area contributed by atoms with Crippen molar-refractivity contribution in [1.82, 2.24) is 20.0 Å². The molecular weight excluding hydrogens is 292 g/mol. The van der Waals surface area contributed by atoms with Gasteiger partial charge in [-0.3, -0.25) is 0 Å². The van der Waals surface area contributed by atoms with Crippen LogP contribution in [0.25, 0.3) is 0 Å². The summed E-state index contributed by atoms with van der Waals surface area (Å²) in [5.41, 5.74) is 1.80. The maximum absolute atomic E-state index is 5.17. The maximum atomic E-state index is 5.17. The Morgan fingerprint density at radius 1 is 1.62 bits per heavy atom. The molecule has 0 aliphatic carbocycles. The second-order valence-electron chi connectivity index (χ2n) is 3.31. The van der Waals surface area contributed by atoms with Gasteiger partial charge >= 0.3 is 0 Å². The molecule has 0 aliphatic heterocycles. The van der Waals surface area contributed by atoms with Crippen LogP contribution in [0.15, 0.2) is 15.5 Å². The average Bonchev–Trinajstić information content (AvgIpc) is 2.87. The maximum Gasteiger partial charge on any atom is 0.159 e. The molecule has 2 rings (SSSR count). The largest absolute Gasteiger partial charge is 0.375 e. The molecule has 16 heavy (non-hydrogen) atoms. The lowest BCUT2D eigenvalue weighted by Gasteiger charge is -2.02. The summed E-state index contributed by atoms with van der Waals surface area (Å²) in [6, 6.07) is 0. The molecule has 2 heterocycles. The highest BCUT2D eigenvalue weighted by Gasteiger charge is 2.09. The third-order valence-electron chi connectivity index (χ3n) is 2.17. The van der Waals surface area contributed by atoms with Gasteiger partial charge in [-0.15, -0.1) is 16.4 Å². The highest BCUT2D eigenvalue weighted by Crippen LogP contribution is 2.17. The van der Waals surface area contributed by atoms with Crippen LogP contribution in [-0.4, -0.2) is 27.1 Å². The standard InChI is InChI=1S/C9H11BrN4OS/c1-6(15-2)8-4-14(13-12-8)3-7-5-16-9(10)11-7/h4-6H,3H2,1-2H3. The van der Waals surface area contributed by atoms with Gasteiger partial charge < -0.3 is 4.74 Å². The molecule has 0 radical (unpaired) electrons. The predicted molar refractivity (Wildman–Crippen MR) is 64.4 cm³/mol. The van der Waals surface area contributed by atoms with Gasteiger partial charge in [0, 0.05) is 12.5 Å². The van der Waals surface area contributed by atoms with E-state index in [2.05, 4.69) is 31.2 Å². The quantitative estimate of drug-likeness (QED) is 0.869. The summed E-state index contributed by atoms with van der Waals surface area (Å²) in [5, 5.41) is 10.1. The highest BCUT2D eigenvalue weighted by atomic mass is 79.9. The molecule has 0 bridgehead atoms. The smallest absolute Gasteiger partial charge is 0.159 e. The van der Waals surface area contributed by atoms with E-state index in [1.165, 1.54) is 0 Å². The molecule has 1 unspecified atom stereocenters. The summed E-state index contributed by atoms with van der Waals surface area (Å²) in [7, 11) is 1.65. The van der Waals surface area contributed by atoms with Crippen LogP contribution in [0.3, 0.4) is 0 Å². The number of aromatic nitrogens is 4. The number of methoxy groups -OCH3 is 1. The summed E-state index contributed by atoms with van der Waals surface area (Å²) in [4.78, 5) is 4.30. The van der Waals surface area contributed by atoms with Gasteiger partial charge in [-0.05, 0) is 22.9 Å². The Hall–Kier alpha value is -0.790. The lowest BCUT2D eigenvalue weighted by Crippen LogP contribution is -2.00. The van der Waals surface area contributed by atoms with Gasteiger partial charge in [0.05, 0.1) is 24.5 Å². The van der Waals surface area contributed by atoms with E-state index in [0.29, 0.717) is 6.54 Å². The van der Waals surface area contributed by atoms with Crippen LogP contribution >= 0.6 is 27.3 Å². The van der Waals surface area contributed by atoms with E-state index < -0.39 is 0 Å². The lowest BCUT2D eigenvalue weighted by atomic mass is 10.3. The summed E-state index contributed by atoms with van der Waals surface area (Å²) >= 11 is 4.89. The molecule has 5 nitrogen and oxygen atoms in total. The minimum atomic E-state index is -0.0316. The third kappa shape index (κ3) is 2.66. The molecule has 0 spiro atoms. The fourth-order valence-electron chi connectivity index (χ4n) is 1.22. The second-order valence-corrected chi connectivity index (χ2v) is 5.44. The monoisotopic (exact) mass is 302 g/mol.